The quantitative estimate of drug-likeness (QED) is 0.197. The van der Waals surface area contributed by atoms with Crippen LogP contribution >= 0.6 is 0 Å². The Hall–Kier alpha value is -1.35. The van der Waals surface area contributed by atoms with Crippen molar-refractivity contribution in [3.63, 3.8) is 0 Å². The molecule has 1 unspecified atom stereocenters. The van der Waals surface area contributed by atoms with E-state index in [0.29, 0.717) is 25.7 Å². The van der Waals surface area contributed by atoms with E-state index in [1.165, 1.54) is 0 Å². The number of hydrogen-bond acceptors (Lipinski definition) is 9. The van der Waals surface area contributed by atoms with Crippen molar-refractivity contribution in [2.75, 3.05) is 13.2 Å². The summed E-state index contributed by atoms with van der Waals surface area (Å²) >= 11 is 0. The highest BCUT2D eigenvalue weighted by Gasteiger charge is 2.58. The number of esters is 1. The van der Waals surface area contributed by atoms with Crippen LogP contribution in [0.15, 0.2) is 22.8 Å². The third kappa shape index (κ3) is 5.50. The molecule has 0 amide bonds. The summed E-state index contributed by atoms with van der Waals surface area (Å²) in [6.07, 6.45) is 1.70. The monoisotopic (exact) mass is 510 g/mol. The predicted molar refractivity (Wildman–Crippen MR) is 114 cm³/mol. The number of hydrogen-bond donors (Lipinski definition) is 3. The van der Waals surface area contributed by atoms with Gasteiger partial charge < -0.3 is 9.84 Å². The number of ether oxygens (including phenoxy) is 1. The van der Waals surface area contributed by atoms with Gasteiger partial charge in [0, 0.05) is 5.41 Å². The van der Waals surface area contributed by atoms with Gasteiger partial charge in [-0.15, -0.1) is 0 Å². The molecular formula is C20H30O11S2. The maximum atomic E-state index is 11.9. The number of carbonyl (C=O) groups excluding carboxylic acids is 1. The molecule has 188 valence electrons. The molecule has 33 heavy (non-hydrogen) atoms. The fourth-order valence-corrected chi connectivity index (χ4v) is 6.91. The Balaban J connectivity index is 1.99. The van der Waals surface area contributed by atoms with E-state index < -0.39 is 56.4 Å². The minimum Gasteiger partial charge on any atom is -0.459 e. The van der Waals surface area contributed by atoms with Crippen LogP contribution in [-0.4, -0.2) is 62.4 Å². The molecule has 1 heterocycles. The lowest BCUT2D eigenvalue weighted by molar-refractivity contribution is -0.135. The first-order chi connectivity index (χ1) is 15.1. The summed E-state index contributed by atoms with van der Waals surface area (Å²) in [5.41, 5.74) is 0.495. The van der Waals surface area contributed by atoms with Gasteiger partial charge >= 0.3 is 26.8 Å². The second-order valence-electron chi connectivity index (χ2n) is 9.49. The Morgan fingerprint density at radius 3 is 2.36 bits per heavy atom. The predicted octanol–water partition coefficient (Wildman–Crippen LogP) is 1.76. The molecule has 11 nitrogen and oxygen atoms in total. The van der Waals surface area contributed by atoms with E-state index in [4.69, 9.17) is 17.7 Å². The molecule has 0 bridgehead atoms. The van der Waals surface area contributed by atoms with Crippen molar-refractivity contribution < 1.29 is 48.9 Å². The zero-order valence-electron chi connectivity index (χ0n) is 18.7. The Labute approximate surface area is 193 Å². The standard InChI is InChI=1S/C20H30O11S2/c1-12-4-7-16-19(2,14(12)6-5-13-15(21)10-29-18(13)22)9-8-17(31-33(26,27)28)20(16,3)11-30-32(23,24)25/h5,15-17,21H,4,6-11H2,1-3H3,(H,23,24,25)(H,26,27,28)/b13-5+/t15-,16?,17-,19+,20+/m1/s1. The van der Waals surface area contributed by atoms with Gasteiger partial charge in [-0.1, -0.05) is 31.1 Å². The lowest BCUT2D eigenvalue weighted by Crippen LogP contribution is -2.56. The largest absolute Gasteiger partial charge is 0.459 e. The van der Waals surface area contributed by atoms with E-state index in [-0.39, 0.29) is 24.5 Å². The van der Waals surface area contributed by atoms with Gasteiger partial charge in [-0.25, -0.2) is 13.2 Å². The lowest BCUT2D eigenvalue weighted by atomic mass is 9.48. The Bertz CT molecular complexity index is 1080. The molecule has 0 spiro atoms. The van der Waals surface area contributed by atoms with Crippen molar-refractivity contribution in [2.24, 2.45) is 16.7 Å². The van der Waals surface area contributed by atoms with Crippen LogP contribution in [0.25, 0.3) is 0 Å². The number of aliphatic hydroxyl groups is 1. The Morgan fingerprint density at radius 1 is 1.15 bits per heavy atom. The third-order valence-electron chi connectivity index (χ3n) is 7.49. The molecular weight excluding hydrogens is 480 g/mol. The van der Waals surface area contributed by atoms with Crippen LogP contribution in [0.1, 0.15) is 52.9 Å². The molecule has 5 atom stereocenters. The zero-order chi connectivity index (χ0) is 24.8. The van der Waals surface area contributed by atoms with E-state index in [2.05, 4.69) is 0 Å². The van der Waals surface area contributed by atoms with Gasteiger partial charge in [-0.3, -0.25) is 9.11 Å². The van der Waals surface area contributed by atoms with Crippen LogP contribution in [0.4, 0.5) is 0 Å². The fraction of sp³-hybridized carbons (Fsp3) is 0.750. The molecule has 0 aromatic heterocycles. The third-order valence-corrected chi connectivity index (χ3v) is 8.38. The van der Waals surface area contributed by atoms with Gasteiger partial charge in [-0.05, 0) is 50.4 Å². The van der Waals surface area contributed by atoms with E-state index >= 15 is 0 Å². The smallest absolute Gasteiger partial charge is 0.397 e. The summed E-state index contributed by atoms with van der Waals surface area (Å²) in [4.78, 5) is 11.9. The number of allylic oxidation sites excluding steroid dienone is 3. The SMILES string of the molecule is CC1=C(C/C=C2/C(=O)OC[C@H]2O)[C@]2(C)CC[C@@H](OS(=O)(=O)O)[C@@](C)(COS(=O)(=O)O)C2CC1. The molecule has 1 saturated heterocycles. The first-order valence-electron chi connectivity index (χ1n) is 10.6. The minimum atomic E-state index is -4.83. The molecule has 1 aliphatic heterocycles. The summed E-state index contributed by atoms with van der Waals surface area (Å²) in [6, 6.07) is 0. The topological polar surface area (TPSA) is 174 Å². The van der Waals surface area contributed by atoms with Crippen LogP contribution in [0, 0.1) is 16.7 Å². The van der Waals surface area contributed by atoms with Gasteiger partial charge in [0.05, 0.1) is 18.3 Å². The van der Waals surface area contributed by atoms with E-state index in [0.717, 1.165) is 11.1 Å². The number of cyclic esters (lactones) is 1. The Kier molecular flexibility index (Phi) is 7.18. The molecule has 2 aliphatic carbocycles. The van der Waals surface area contributed by atoms with Crippen molar-refractivity contribution >= 4 is 26.8 Å². The second kappa shape index (κ2) is 9.02. The summed E-state index contributed by atoms with van der Waals surface area (Å²) in [6.45, 7) is 4.91. The molecule has 3 aliphatic rings. The Morgan fingerprint density at radius 2 is 1.82 bits per heavy atom. The summed E-state index contributed by atoms with van der Waals surface area (Å²) in [5.74, 6) is -0.917. The van der Waals surface area contributed by atoms with Crippen LogP contribution in [-0.2, 0) is 38.7 Å². The van der Waals surface area contributed by atoms with E-state index in [9.17, 15) is 31.3 Å². The van der Waals surface area contributed by atoms with Gasteiger partial charge in [0.2, 0.25) is 0 Å². The molecule has 3 N–H and O–H groups in total. The number of rotatable bonds is 7. The van der Waals surface area contributed by atoms with Crippen molar-refractivity contribution in [2.45, 2.75) is 65.1 Å². The van der Waals surface area contributed by atoms with Crippen molar-refractivity contribution in [1.29, 1.82) is 0 Å². The number of carbonyl (C=O) groups is 1. The molecule has 13 heteroatoms. The highest BCUT2D eigenvalue weighted by atomic mass is 32.3. The number of fused-ring (bicyclic) bond motifs is 1. The highest BCUT2D eigenvalue weighted by Crippen LogP contribution is 2.61. The first-order valence-corrected chi connectivity index (χ1v) is 13.3. The second-order valence-corrected chi connectivity index (χ2v) is 11.6. The molecule has 0 aromatic rings. The lowest BCUT2D eigenvalue weighted by Gasteiger charge is -2.58. The van der Waals surface area contributed by atoms with Crippen LogP contribution in [0.2, 0.25) is 0 Å². The maximum Gasteiger partial charge on any atom is 0.397 e. The first kappa shape index (κ1) is 26.3. The zero-order valence-corrected chi connectivity index (χ0v) is 20.3. The van der Waals surface area contributed by atoms with Crippen molar-refractivity contribution in [3.05, 3.63) is 22.8 Å². The van der Waals surface area contributed by atoms with Crippen molar-refractivity contribution in [3.8, 4) is 0 Å². The molecule has 0 aromatic carbocycles. The van der Waals surface area contributed by atoms with Gasteiger partial charge in [0.25, 0.3) is 0 Å². The van der Waals surface area contributed by atoms with E-state index in [1.807, 2.05) is 13.8 Å². The van der Waals surface area contributed by atoms with Crippen LogP contribution < -0.4 is 0 Å². The number of aliphatic hydroxyl groups excluding tert-OH is 1. The maximum absolute atomic E-state index is 11.9. The van der Waals surface area contributed by atoms with E-state index in [1.54, 1.807) is 13.0 Å². The average Bonchev–Trinajstić information content (AvgIpc) is 2.99. The fourth-order valence-electron chi connectivity index (χ4n) is 5.90. The van der Waals surface area contributed by atoms with Gasteiger partial charge in [-0.2, -0.15) is 16.8 Å². The summed E-state index contributed by atoms with van der Waals surface area (Å²) in [5, 5.41) is 10.00. The molecule has 0 radical (unpaired) electrons. The minimum absolute atomic E-state index is 0.0950. The normalized spacial score (nSPS) is 36.7. The van der Waals surface area contributed by atoms with Gasteiger partial charge in [0.15, 0.2) is 0 Å². The van der Waals surface area contributed by atoms with Gasteiger partial charge in [0.1, 0.15) is 12.7 Å². The summed E-state index contributed by atoms with van der Waals surface area (Å²) < 4.78 is 78.6. The summed E-state index contributed by atoms with van der Waals surface area (Å²) in [7, 11) is -9.64. The van der Waals surface area contributed by atoms with Crippen molar-refractivity contribution in [1.82, 2.24) is 0 Å². The molecule has 2 fully saturated rings. The highest BCUT2D eigenvalue weighted by molar-refractivity contribution is 7.81. The molecule has 1 saturated carbocycles. The average molecular weight is 511 g/mol. The van der Waals surface area contributed by atoms with Crippen LogP contribution in [0.5, 0.6) is 0 Å². The van der Waals surface area contributed by atoms with Crippen LogP contribution in [0.3, 0.4) is 0 Å². The molecule has 3 rings (SSSR count).